The van der Waals surface area contributed by atoms with Crippen molar-refractivity contribution in [2.45, 2.75) is 38.6 Å². The minimum atomic E-state index is -0.161. The molecule has 1 heterocycles. The molecule has 4 nitrogen and oxygen atoms in total. The third-order valence-corrected chi connectivity index (χ3v) is 4.42. The smallest absolute Gasteiger partial charge is 0.224 e. The molecule has 3 rings (SSSR count). The molecule has 1 aliphatic rings. The van der Waals surface area contributed by atoms with E-state index in [2.05, 4.69) is 10.3 Å². The third-order valence-electron chi connectivity index (χ3n) is 4.18. The summed E-state index contributed by atoms with van der Waals surface area (Å²) in [6.07, 6.45) is 5.67. The average molecular weight is 331 g/mol. The van der Waals surface area contributed by atoms with Crippen LogP contribution in [0.2, 0.25) is 5.02 Å². The number of halogens is 1. The third kappa shape index (κ3) is 3.82. The summed E-state index contributed by atoms with van der Waals surface area (Å²) >= 11 is 5.92. The van der Waals surface area contributed by atoms with E-state index in [1.807, 2.05) is 18.2 Å². The van der Waals surface area contributed by atoms with E-state index in [1.165, 1.54) is 0 Å². The Hall–Kier alpha value is -2.07. The number of hydrogen-bond acceptors (Lipinski definition) is 2. The molecule has 1 amide bonds. The second-order valence-corrected chi connectivity index (χ2v) is 6.33. The molecule has 120 valence electrons. The van der Waals surface area contributed by atoms with Crippen LogP contribution in [0.4, 0.5) is 0 Å². The minimum absolute atomic E-state index is 0.0244. The van der Waals surface area contributed by atoms with Crippen molar-refractivity contribution < 1.29 is 4.79 Å². The average Bonchev–Trinajstić information content (AvgIpc) is 2.56. The van der Waals surface area contributed by atoms with Gasteiger partial charge in [0.1, 0.15) is 0 Å². The van der Waals surface area contributed by atoms with Crippen LogP contribution >= 0.6 is 11.6 Å². The standard InChI is InChI=1S/C18H19ClN2O2/c19-14-5-3-4-12(8-14)10-21-17(22)9-13-11-20-16-7-2-1-6-15(16)18(13)23/h3-5,8,11H,1-2,6-7,9-10H2,(H,20,23)(H,21,22). The van der Waals surface area contributed by atoms with Gasteiger partial charge in [-0.1, -0.05) is 23.7 Å². The number of rotatable bonds is 4. The predicted octanol–water partition coefficient (Wildman–Crippen LogP) is 2.77. The van der Waals surface area contributed by atoms with E-state index in [-0.39, 0.29) is 17.8 Å². The molecule has 0 atom stereocenters. The lowest BCUT2D eigenvalue weighted by atomic mass is 9.94. The van der Waals surface area contributed by atoms with E-state index in [1.54, 1.807) is 12.3 Å². The molecular formula is C18H19ClN2O2. The quantitative estimate of drug-likeness (QED) is 0.905. The van der Waals surface area contributed by atoms with Gasteiger partial charge < -0.3 is 10.3 Å². The molecule has 1 aromatic carbocycles. The van der Waals surface area contributed by atoms with E-state index in [0.29, 0.717) is 17.1 Å². The fourth-order valence-corrected chi connectivity index (χ4v) is 3.18. The molecule has 0 unspecified atom stereocenters. The van der Waals surface area contributed by atoms with Crippen molar-refractivity contribution in [1.29, 1.82) is 0 Å². The number of benzene rings is 1. The van der Waals surface area contributed by atoms with Gasteiger partial charge in [0.2, 0.25) is 5.91 Å². The van der Waals surface area contributed by atoms with Crippen LogP contribution in [0.25, 0.3) is 0 Å². The van der Waals surface area contributed by atoms with Crippen molar-refractivity contribution in [1.82, 2.24) is 10.3 Å². The van der Waals surface area contributed by atoms with Crippen molar-refractivity contribution in [3.63, 3.8) is 0 Å². The number of aryl methyl sites for hydroxylation is 1. The molecule has 1 aromatic heterocycles. The van der Waals surface area contributed by atoms with E-state index < -0.39 is 0 Å². The molecule has 0 bridgehead atoms. The number of H-pyrrole nitrogens is 1. The summed E-state index contributed by atoms with van der Waals surface area (Å²) in [5, 5.41) is 3.47. The number of aromatic amines is 1. The molecular weight excluding hydrogens is 312 g/mol. The Morgan fingerprint density at radius 2 is 2.09 bits per heavy atom. The van der Waals surface area contributed by atoms with Crippen LogP contribution in [-0.4, -0.2) is 10.9 Å². The fourth-order valence-electron chi connectivity index (χ4n) is 2.96. The van der Waals surface area contributed by atoms with Gasteiger partial charge in [-0.2, -0.15) is 0 Å². The maximum absolute atomic E-state index is 12.5. The Morgan fingerprint density at radius 1 is 1.26 bits per heavy atom. The van der Waals surface area contributed by atoms with Gasteiger partial charge in [0.15, 0.2) is 5.43 Å². The largest absolute Gasteiger partial charge is 0.364 e. The number of nitrogens with one attached hydrogen (secondary N) is 2. The highest BCUT2D eigenvalue weighted by Crippen LogP contribution is 2.16. The van der Waals surface area contributed by atoms with Gasteiger partial charge in [-0.15, -0.1) is 0 Å². The summed E-state index contributed by atoms with van der Waals surface area (Å²) in [5.41, 5.74) is 3.39. The van der Waals surface area contributed by atoms with Crippen LogP contribution in [0.3, 0.4) is 0 Å². The van der Waals surface area contributed by atoms with Gasteiger partial charge in [0.25, 0.3) is 0 Å². The Labute approximate surface area is 139 Å². The first-order valence-electron chi connectivity index (χ1n) is 7.87. The molecule has 0 saturated heterocycles. The Balaban J connectivity index is 1.65. The van der Waals surface area contributed by atoms with E-state index in [4.69, 9.17) is 11.6 Å². The molecule has 0 saturated carbocycles. The number of carbonyl (C=O) groups is 1. The zero-order valence-corrected chi connectivity index (χ0v) is 13.6. The first-order valence-corrected chi connectivity index (χ1v) is 8.25. The molecule has 5 heteroatoms. The fraction of sp³-hybridized carbons (Fsp3) is 0.333. The first kappa shape index (κ1) is 15.8. The molecule has 0 aliphatic heterocycles. The zero-order valence-electron chi connectivity index (χ0n) is 12.8. The summed E-state index contributed by atoms with van der Waals surface area (Å²) in [5.74, 6) is -0.161. The number of fused-ring (bicyclic) bond motifs is 1. The lowest BCUT2D eigenvalue weighted by molar-refractivity contribution is -0.120. The second-order valence-electron chi connectivity index (χ2n) is 5.89. The molecule has 0 fully saturated rings. The zero-order chi connectivity index (χ0) is 16.2. The number of pyridine rings is 1. The van der Waals surface area contributed by atoms with Crippen molar-refractivity contribution in [3.05, 3.63) is 68.1 Å². The highest BCUT2D eigenvalue weighted by molar-refractivity contribution is 6.30. The summed E-state index contributed by atoms with van der Waals surface area (Å²) in [6, 6.07) is 7.35. The molecule has 2 N–H and O–H groups in total. The van der Waals surface area contributed by atoms with Crippen LogP contribution in [-0.2, 0) is 30.6 Å². The second kappa shape index (κ2) is 7.01. The summed E-state index contributed by atoms with van der Waals surface area (Å²) in [7, 11) is 0. The Kier molecular flexibility index (Phi) is 4.82. The summed E-state index contributed by atoms with van der Waals surface area (Å²) < 4.78 is 0. The molecule has 23 heavy (non-hydrogen) atoms. The topological polar surface area (TPSA) is 62.0 Å². The molecule has 0 radical (unpaired) electrons. The highest BCUT2D eigenvalue weighted by Gasteiger charge is 2.16. The van der Waals surface area contributed by atoms with Gasteiger partial charge in [0.05, 0.1) is 6.42 Å². The van der Waals surface area contributed by atoms with E-state index in [0.717, 1.165) is 42.5 Å². The maximum atomic E-state index is 12.5. The molecule has 2 aromatic rings. The van der Waals surface area contributed by atoms with Gasteiger partial charge in [0, 0.05) is 34.6 Å². The monoisotopic (exact) mass is 330 g/mol. The number of amides is 1. The summed E-state index contributed by atoms with van der Waals surface area (Å²) in [6.45, 7) is 0.405. The Bertz CT molecular complexity index is 783. The number of aromatic nitrogens is 1. The lowest BCUT2D eigenvalue weighted by Crippen LogP contribution is -2.29. The van der Waals surface area contributed by atoms with Crippen molar-refractivity contribution >= 4 is 17.5 Å². The van der Waals surface area contributed by atoms with Crippen molar-refractivity contribution in [2.24, 2.45) is 0 Å². The van der Waals surface area contributed by atoms with Crippen molar-refractivity contribution in [2.75, 3.05) is 0 Å². The first-order chi connectivity index (χ1) is 11.1. The van der Waals surface area contributed by atoms with Gasteiger partial charge in [-0.05, 0) is 43.4 Å². The van der Waals surface area contributed by atoms with Crippen LogP contribution in [0.1, 0.15) is 35.2 Å². The minimum Gasteiger partial charge on any atom is -0.364 e. The molecule has 0 spiro atoms. The normalized spacial score (nSPS) is 13.4. The summed E-state index contributed by atoms with van der Waals surface area (Å²) in [4.78, 5) is 27.7. The maximum Gasteiger partial charge on any atom is 0.224 e. The molecule has 1 aliphatic carbocycles. The Morgan fingerprint density at radius 3 is 2.91 bits per heavy atom. The predicted molar refractivity (Wildman–Crippen MR) is 90.7 cm³/mol. The van der Waals surface area contributed by atoms with Crippen LogP contribution < -0.4 is 10.7 Å². The highest BCUT2D eigenvalue weighted by atomic mass is 35.5. The van der Waals surface area contributed by atoms with Gasteiger partial charge >= 0.3 is 0 Å². The van der Waals surface area contributed by atoms with E-state index in [9.17, 15) is 9.59 Å². The van der Waals surface area contributed by atoms with Crippen molar-refractivity contribution in [3.8, 4) is 0 Å². The van der Waals surface area contributed by atoms with Gasteiger partial charge in [-0.3, -0.25) is 9.59 Å². The van der Waals surface area contributed by atoms with Crippen LogP contribution in [0.15, 0.2) is 35.3 Å². The van der Waals surface area contributed by atoms with Crippen LogP contribution in [0.5, 0.6) is 0 Å². The van der Waals surface area contributed by atoms with Gasteiger partial charge in [-0.25, -0.2) is 0 Å². The lowest BCUT2D eigenvalue weighted by Gasteiger charge is -2.15. The number of hydrogen-bond donors (Lipinski definition) is 2. The van der Waals surface area contributed by atoms with E-state index >= 15 is 0 Å². The van der Waals surface area contributed by atoms with Crippen LogP contribution in [0, 0.1) is 0 Å². The number of carbonyl (C=O) groups excluding carboxylic acids is 1. The SMILES string of the molecule is O=C(Cc1c[nH]c2c(c1=O)CCCC2)NCc1cccc(Cl)c1.